The molecular weight excluding hydrogens is 278 g/mol. The summed E-state index contributed by atoms with van der Waals surface area (Å²) in [6.45, 7) is 2.22. The molecule has 20 heavy (non-hydrogen) atoms. The van der Waals surface area contributed by atoms with Gasteiger partial charge < -0.3 is 15.3 Å². The number of rotatable bonds is 3. The highest BCUT2D eigenvalue weighted by atomic mass is 32.1. The lowest BCUT2D eigenvalue weighted by Gasteiger charge is -2.34. The van der Waals surface area contributed by atoms with Crippen molar-refractivity contribution in [3.63, 3.8) is 0 Å². The third-order valence-corrected chi connectivity index (χ3v) is 4.91. The molecule has 6 nitrogen and oxygen atoms in total. The molecule has 2 atom stereocenters. The van der Waals surface area contributed by atoms with Gasteiger partial charge >= 0.3 is 5.97 Å². The highest BCUT2D eigenvalue weighted by Crippen LogP contribution is 2.27. The molecule has 0 bridgehead atoms. The Kier molecular flexibility index (Phi) is 3.71. The Morgan fingerprint density at radius 1 is 1.40 bits per heavy atom. The highest BCUT2D eigenvalue weighted by Gasteiger charge is 2.32. The Morgan fingerprint density at radius 3 is 3.00 bits per heavy atom. The summed E-state index contributed by atoms with van der Waals surface area (Å²) in [7, 11) is 0. The first-order chi connectivity index (χ1) is 9.63. The fourth-order valence-corrected chi connectivity index (χ4v) is 3.77. The van der Waals surface area contributed by atoms with Crippen LogP contribution in [0.2, 0.25) is 0 Å². The van der Waals surface area contributed by atoms with Gasteiger partial charge in [-0.3, -0.25) is 4.79 Å². The molecule has 2 unspecified atom stereocenters. The van der Waals surface area contributed by atoms with Crippen LogP contribution in [0.5, 0.6) is 0 Å². The number of piperidine rings is 1. The molecule has 1 aromatic heterocycles. The summed E-state index contributed by atoms with van der Waals surface area (Å²) in [5.74, 6) is -1.35. The largest absolute Gasteiger partial charge is 0.476 e. The van der Waals surface area contributed by atoms with Crippen molar-refractivity contribution >= 4 is 23.2 Å². The van der Waals surface area contributed by atoms with E-state index in [-0.39, 0.29) is 22.7 Å². The average Bonchev–Trinajstić information content (AvgIpc) is 3.07. The Hall–Kier alpha value is -1.47. The molecule has 2 fully saturated rings. The summed E-state index contributed by atoms with van der Waals surface area (Å²) in [4.78, 5) is 29.2. The number of carboxylic acids is 1. The number of carboxylic acid groups (broad SMARTS) is 1. The number of aromatic carboxylic acids is 1. The van der Waals surface area contributed by atoms with Gasteiger partial charge in [0, 0.05) is 24.0 Å². The van der Waals surface area contributed by atoms with Crippen LogP contribution in [0.25, 0.3) is 0 Å². The van der Waals surface area contributed by atoms with Crippen LogP contribution >= 0.6 is 11.3 Å². The van der Waals surface area contributed by atoms with E-state index in [1.54, 1.807) is 0 Å². The first-order valence-electron chi connectivity index (χ1n) is 6.87. The minimum Gasteiger partial charge on any atom is -0.476 e. The van der Waals surface area contributed by atoms with E-state index < -0.39 is 5.97 Å². The van der Waals surface area contributed by atoms with Gasteiger partial charge in [-0.25, -0.2) is 9.78 Å². The van der Waals surface area contributed by atoms with Crippen molar-refractivity contribution in [2.45, 2.75) is 37.8 Å². The van der Waals surface area contributed by atoms with E-state index in [4.69, 9.17) is 5.11 Å². The van der Waals surface area contributed by atoms with Gasteiger partial charge in [0.15, 0.2) is 10.7 Å². The SMILES string of the molecule is O=C(O)c1csc(C(=O)NC2CCN3CCCC3C2)n1. The number of aromatic nitrogens is 1. The normalized spacial score (nSPS) is 26.2. The first-order valence-corrected chi connectivity index (χ1v) is 7.75. The van der Waals surface area contributed by atoms with E-state index >= 15 is 0 Å². The number of hydrogen-bond donors (Lipinski definition) is 2. The van der Waals surface area contributed by atoms with Crippen LogP contribution < -0.4 is 5.32 Å². The zero-order chi connectivity index (χ0) is 14.1. The van der Waals surface area contributed by atoms with Crippen molar-refractivity contribution in [3.05, 3.63) is 16.1 Å². The second-order valence-electron chi connectivity index (χ2n) is 5.37. The number of nitrogens with zero attached hydrogens (tertiary/aromatic N) is 2. The van der Waals surface area contributed by atoms with Crippen LogP contribution in [0.1, 0.15) is 46.0 Å². The molecule has 1 aromatic rings. The number of carbonyl (C=O) groups is 2. The zero-order valence-electron chi connectivity index (χ0n) is 11.0. The average molecular weight is 295 g/mol. The van der Waals surface area contributed by atoms with Crippen molar-refractivity contribution in [2.24, 2.45) is 0 Å². The maximum Gasteiger partial charge on any atom is 0.355 e. The predicted molar refractivity (Wildman–Crippen MR) is 74.2 cm³/mol. The van der Waals surface area contributed by atoms with E-state index in [1.807, 2.05) is 0 Å². The third-order valence-electron chi connectivity index (χ3n) is 4.07. The molecule has 0 radical (unpaired) electrons. The zero-order valence-corrected chi connectivity index (χ0v) is 11.9. The number of carbonyl (C=O) groups excluding carboxylic acids is 1. The highest BCUT2D eigenvalue weighted by molar-refractivity contribution is 7.11. The summed E-state index contributed by atoms with van der Waals surface area (Å²) in [5.41, 5.74) is -0.0641. The quantitative estimate of drug-likeness (QED) is 0.875. The second-order valence-corrected chi connectivity index (χ2v) is 6.23. The monoisotopic (exact) mass is 295 g/mol. The minimum atomic E-state index is -1.10. The molecule has 108 valence electrons. The Bertz CT molecular complexity index is 531. The predicted octanol–water partition coefficient (Wildman–Crippen LogP) is 1.20. The molecule has 7 heteroatoms. The maximum absolute atomic E-state index is 12.1. The molecule has 3 rings (SSSR count). The van der Waals surface area contributed by atoms with Crippen LogP contribution in [-0.4, -0.2) is 52.0 Å². The molecule has 2 N–H and O–H groups in total. The number of fused-ring (bicyclic) bond motifs is 1. The van der Waals surface area contributed by atoms with Gasteiger partial charge in [0.2, 0.25) is 0 Å². The fourth-order valence-electron chi connectivity index (χ4n) is 3.08. The lowest BCUT2D eigenvalue weighted by molar-refractivity contribution is 0.0691. The molecule has 0 aromatic carbocycles. The van der Waals surface area contributed by atoms with E-state index in [2.05, 4.69) is 15.2 Å². The van der Waals surface area contributed by atoms with Crippen molar-refractivity contribution in [2.75, 3.05) is 13.1 Å². The molecule has 3 heterocycles. The summed E-state index contributed by atoms with van der Waals surface area (Å²) in [6.07, 6.45) is 4.41. The lowest BCUT2D eigenvalue weighted by atomic mass is 9.97. The van der Waals surface area contributed by atoms with Crippen molar-refractivity contribution < 1.29 is 14.7 Å². The van der Waals surface area contributed by atoms with E-state index in [9.17, 15) is 9.59 Å². The Morgan fingerprint density at radius 2 is 2.25 bits per heavy atom. The maximum atomic E-state index is 12.1. The molecule has 2 saturated heterocycles. The minimum absolute atomic E-state index is 0.0641. The third kappa shape index (κ3) is 2.69. The first kappa shape index (κ1) is 13.5. The molecule has 2 aliphatic heterocycles. The van der Waals surface area contributed by atoms with E-state index in [0.717, 1.165) is 30.7 Å². The van der Waals surface area contributed by atoms with Crippen LogP contribution in [0.4, 0.5) is 0 Å². The van der Waals surface area contributed by atoms with Crippen LogP contribution in [0.3, 0.4) is 0 Å². The number of thiazole rings is 1. The van der Waals surface area contributed by atoms with Gasteiger partial charge in [-0.15, -0.1) is 11.3 Å². The van der Waals surface area contributed by atoms with E-state index in [0.29, 0.717) is 6.04 Å². The van der Waals surface area contributed by atoms with Crippen LogP contribution in [-0.2, 0) is 0 Å². The molecule has 0 spiro atoms. The number of nitrogens with one attached hydrogen (secondary N) is 1. The Balaban J connectivity index is 1.59. The Labute approximate surface area is 120 Å². The van der Waals surface area contributed by atoms with E-state index in [1.165, 1.54) is 24.8 Å². The smallest absolute Gasteiger partial charge is 0.355 e. The van der Waals surface area contributed by atoms with Gasteiger partial charge in [0.25, 0.3) is 5.91 Å². The number of hydrogen-bond acceptors (Lipinski definition) is 5. The fraction of sp³-hybridized carbons (Fsp3) is 0.615. The summed E-state index contributed by atoms with van der Waals surface area (Å²) >= 11 is 1.08. The summed E-state index contributed by atoms with van der Waals surface area (Å²) in [6, 6.07) is 0.777. The van der Waals surface area contributed by atoms with Crippen molar-refractivity contribution in [1.82, 2.24) is 15.2 Å². The summed E-state index contributed by atoms with van der Waals surface area (Å²) < 4.78 is 0. The molecule has 0 aliphatic carbocycles. The van der Waals surface area contributed by atoms with Gasteiger partial charge in [0.05, 0.1) is 0 Å². The summed E-state index contributed by atoms with van der Waals surface area (Å²) in [5, 5.41) is 13.4. The lowest BCUT2D eigenvalue weighted by Crippen LogP contribution is -2.47. The van der Waals surface area contributed by atoms with Crippen LogP contribution in [0, 0.1) is 0 Å². The number of amides is 1. The van der Waals surface area contributed by atoms with Crippen molar-refractivity contribution in [1.29, 1.82) is 0 Å². The second kappa shape index (κ2) is 5.49. The molecule has 2 aliphatic rings. The van der Waals surface area contributed by atoms with Gasteiger partial charge in [0.1, 0.15) is 0 Å². The van der Waals surface area contributed by atoms with Gasteiger partial charge in [-0.2, -0.15) is 0 Å². The van der Waals surface area contributed by atoms with Crippen LogP contribution in [0.15, 0.2) is 5.38 Å². The van der Waals surface area contributed by atoms with Gasteiger partial charge in [-0.05, 0) is 32.2 Å². The molecular formula is C13H17N3O3S. The molecule has 0 saturated carbocycles. The van der Waals surface area contributed by atoms with Crippen molar-refractivity contribution in [3.8, 4) is 0 Å². The standard InChI is InChI=1S/C13H17N3O3S/c17-11(12-15-10(7-20-12)13(18)19)14-8-3-5-16-4-1-2-9(16)6-8/h7-9H,1-6H2,(H,14,17)(H,18,19). The van der Waals surface area contributed by atoms with Gasteiger partial charge in [-0.1, -0.05) is 0 Å². The topological polar surface area (TPSA) is 82.5 Å². The molecule has 1 amide bonds.